The van der Waals surface area contributed by atoms with Gasteiger partial charge in [0.05, 0.1) is 17.4 Å². The number of nitrogens with zero attached hydrogens (tertiary/aromatic N) is 3. The van der Waals surface area contributed by atoms with Crippen LogP contribution in [0.5, 0.6) is 0 Å². The Morgan fingerprint density at radius 2 is 2.08 bits per heavy atom. The van der Waals surface area contributed by atoms with E-state index in [1.54, 1.807) is 5.38 Å². The third kappa shape index (κ3) is 3.77. The predicted octanol–water partition coefficient (Wildman–Crippen LogP) is 4.15. The van der Waals surface area contributed by atoms with Gasteiger partial charge in [-0.1, -0.05) is 19.1 Å². The molecule has 0 spiro atoms. The molecule has 0 saturated heterocycles. The maximum Gasteiger partial charge on any atom is 0.418 e. The first kappa shape index (κ1) is 18.1. The molecular weight excluding hydrogens is 365 g/mol. The number of aromatic nitrogens is 3. The van der Waals surface area contributed by atoms with Crippen LogP contribution in [0.1, 0.15) is 29.4 Å². The Morgan fingerprint density at radius 1 is 1.31 bits per heavy atom. The summed E-state index contributed by atoms with van der Waals surface area (Å²) in [6.45, 7) is 2.50. The number of rotatable bonds is 5. The van der Waals surface area contributed by atoms with Gasteiger partial charge < -0.3 is 5.32 Å². The molecule has 0 bridgehead atoms. The lowest BCUT2D eigenvalue weighted by molar-refractivity contribution is -0.137. The minimum Gasteiger partial charge on any atom is -0.351 e. The van der Waals surface area contributed by atoms with Gasteiger partial charge in [-0.2, -0.15) is 18.3 Å². The zero-order valence-electron chi connectivity index (χ0n) is 13.7. The van der Waals surface area contributed by atoms with Gasteiger partial charge >= 0.3 is 6.18 Å². The normalized spacial score (nSPS) is 11.5. The Kier molecular flexibility index (Phi) is 5.08. The van der Waals surface area contributed by atoms with E-state index in [0.29, 0.717) is 17.1 Å². The summed E-state index contributed by atoms with van der Waals surface area (Å²) in [5.74, 6) is -0.274. The van der Waals surface area contributed by atoms with Crippen molar-refractivity contribution >= 4 is 17.2 Å². The Bertz CT molecular complexity index is 917. The number of alkyl halides is 3. The molecule has 0 atom stereocenters. The van der Waals surface area contributed by atoms with Gasteiger partial charge in [0.1, 0.15) is 10.7 Å². The highest BCUT2D eigenvalue weighted by atomic mass is 32.1. The third-order valence-corrected chi connectivity index (χ3v) is 4.45. The number of hydrogen-bond donors (Lipinski definition) is 1. The maximum atomic E-state index is 13.2. The van der Waals surface area contributed by atoms with Crippen LogP contribution in [-0.4, -0.2) is 27.2 Å². The number of hydrogen-bond acceptors (Lipinski definition) is 4. The minimum absolute atomic E-state index is 0.0660. The smallest absolute Gasteiger partial charge is 0.351 e. The third-order valence-electron chi connectivity index (χ3n) is 3.56. The molecule has 0 aliphatic rings. The molecule has 9 heteroatoms. The van der Waals surface area contributed by atoms with Crippen LogP contribution in [0.2, 0.25) is 0 Å². The van der Waals surface area contributed by atoms with Crippen molar-refractivity contribution in [2.24, 2.45) is 0 Å². The predicted molar refractivity (Wildman–Crippen MR) is 92.3 cm³/mol. The van der Waals surface area contributed by atoms with E-state index < -0.39 is 11.7 Å². The molecule has 1 N–H and O–H groups in total. The molecular formula is C17H15F3N4OS. The van der Waals surface area contributed by atoms with Crippen LogP contribution < -0.4 is 5.32 Å². The van der Waals surface area contributed by atoms with Gasteiger partial charge in [-0.15, -0.1) is 11.3 Å². The van der Waals surface area contributed by atoms with Crippen LogP contribution in [0.3, 0.4) is 0 Å². The SMILES string of the molecule is CCCNC(=O)c1csc(-c2cnn(-c3ccccc3C(F)(F)F)c2)n1. The van der Waals surface area contributed by atoms with Gasteiger partial charge in [0.25, 0.3) is 5.91 Å². The van der Waals surface area contributed by atoms with Crippen LogP contribution in [0.4, 0.5) is 13.2 Å². The number of benzene rings is 1. The first-order chi connectivity index (χ1) is 12.4. The number of carbonyl (C=O) groups excluding carboxylic acids is 1. The number of thiazole rings is 1. The fourth-order valence-electron chi connectivity index (χ4n) is 2.32. The van der Waals surface area contributed by atoms with Gasteiger partial charge in [0.2, 0.25) is 0 Å². The Balaban J connectivity index is 1.88. The zero-order valence-corrected chi connectivity index (χ0v) is 14.6. The summed E-state index contributed by atoms with van der Waals surface area (Å²) in [6.07, 6.45) is -0.764. The van der Waals surface area contributed by atoms with E-state index in [9.17, 15) is 18.0 Å². The molecule has 5 nitrogen and oxygen atoms in total. The molecule has 0 fully saturated rings. The second-order valence-electron chi connectivity index (χ2n) is 5.48. The summed E-state index contributed by atoms with van der Waals surface area (Å²) in [7, 11) is 0. The molecule has 136 valence electrons. The maximum absolute atomic E-state index is 13.2. The van der Waals surface area contributed by atoms with Gasteiger partial charge in [-0.3, -0.25) is 4.79 Å². The number of halogens is 3. The first-order valence-corrected chi connectivity index (χ1v) is 8.73. The quantitative estimate of drug-likeness (QED) is 0.723. The molecule has 0 unspecified atom stereocenters. The van der Waals surface area contributed by atoms with Gasteiger partial charge in [0, 0.05) is 23.7 Å². The molecule has 2 aromatic heterocycles. The number of carbonyl (C=O) groups is 1. The Hall–Kier alpha value is -2.68. The summed E-state index contributed by atoms with van der Waals surface area (Å²) >= 11 is 1.24. The van der Waals surface area contributed by atoms with Crippen molar-refractivity contribution in [1.82, 2.24) is 20.1 Å². The lowest BCUT2D eigenvalue weighted by atomic mass is 10.1. The highest BCUT2D eigenvalue weighted by Crippen LogP contribution is 2.34. The summed E-state index contributed by atoms with van der Waals surface area (Å²) in [4.78, 5) is 16.2. The molecule has 0 aliphatic heterocycles. The van der Waals surface area contributed by atoms with E-state index in [1.807, 2.05) is 6.92 Å². The molecule has 3 rings (SSSR count). The molecule has 0 radical (unpaired) electrons. The largest absolute Gasteiger partial charge is 0.418 e. The molecule has 3 aromatic rings. The van der Waals surface area contributed by atoms with Crippen molar-refractivity contribution in [3.05, 3.63) is 53.3 Å². The van der Waals surface area contributed by atoms with Gasteiger partial charge in [-0.25, -0.2) is 9.67 Å². The minimum atomic E-state index is -4.48. The van der Waals surface area contributed by atoms with Gasteiger partial charge in [-0.05, 0) is 18.6 Å². The fraction of sp³-hybridized carbons (Fsp3) is 0.235. The standard InChI is InChI=1S/C17H15F3N4OS/c1-2-7-21-15(25)13-10-26-16(23-13)11-8-22-24(9-11)14-6-4-3-5-12(14)17(18,19)20/h3-6,8-10H,2,7H2,1H3,(H,21,25). The fourth-order valence-corrected chi connectivity index (χ4v) is 3.09. The van der Waals surface area contributed by atoms with Crippen LogP contribution in [0, 0.1) is 0 Å². The highest BCUT2D eigenvalue weighted by Gasteiger charge is 2.33. The van der Waals surface area contributed by atoms with E-state index in [4.69, 9.17) is 0 Å². The lowest BCUT2D eigenvalue weighted by Gasteiger charge is -2.12. The monoisotopic (exact) mass is 380 g/mol. The number of nitrogens with one attached hydrogen (secondary N) is 1. The summed E-state index contributed by atoms with van der Waals surface area (Å²) in [5, 5.41) is 8.88. The van der Waals surface area contributed by atoms with Crippen LogP contribution in [0.25, 0.3) is 16.3 Å². The second kappa shape index (κ2) is 7.28. The molecule has 26 heavy (non-hydrogen) atoms. The van der Waals surface area contributed by atoms with Crippen molar-refractivity contribution in [1.29, 1.82) is 0 Å². The van der Waals surface area contributed by atoms with E-state index in [1.165, 1.54) is 41.9 Å². The first-order valence-electron chi connectivity index (χ1n) is 7.85. The number of para-hydroxylation sites is 1. The van der Waals surface area contributed by atoms with Crippen molar-refractivity contribution in [3.8, 4) is 16.3 Å². The molecule has 0 saturated carbocycles. The lowest BCUT2D eigenvalue weighted by Crippen LogP contribution is -2.24. The van der Waals surface area contributed by atoms with E-state index in [-0.39, 0.29) is 17.3 Å². The van der Waals surface area contributed by atoms with Crippen LogP contribution in [-0.2, 0) is 6.18 Å². The second-order valence-corrected chi connectivity index (χ2v) is 6.34. The molecule has 0 aliphatic carbocycles. The Labute approximate surface area is 151 Å². The Morgan fingerprint density at radius 3 is 2.81 bits per heavy atom. The summed E-state index contributed by atoms with van der Waals surface area (Å²) in [6, 6.07) is 5.21. The van der Waals surface area contributed by atoms with Crippen LogP contribution in [0.15, 0.2) is 42.0 Å². The molecule has 1 aromatic carbocycles. The topological polar surface area (TPSA) is 59.8 Å². The van der Waals surface area contributed by atoms with Crippen molar-refractivity contribution in [3.63, 3.8) is 0 Å². The summed E-state index contributed by atoms with van der Waals surface area (Å²) < 4.78 is 40.6. The van der Waals surface area contributed by atoms with Crippen molar-refractivity contribution < 1.29 is 18.0 Å². The average Bonchev–Trinajstić information content (AvgIpc) is 3.28. The van der Waals surface area contributed by atoms with Crippen LogP contribution >= 0.6 is 11.3 Å². The highest BCUT2D eigenvalue weighted by molar-refractivity contribution is 7.13. The molecule has 2 heterocycles. The van der Waals surface area contributed by atoms with E-state index in [2.05, 4.69) is 15.4 Å². The van der Waals surface area contributed by atoms with E-state index >= 15 is 0 Å². The van der Waals surface area contributed by atoms with E-state index in [0.717, 1.165) is 17.2 Å². The van der Waals surface area contributed by atoms with Crippen molar-refractivity contribution in [2.45, 2.75) is 19.5 Å². The number of amides is 1. The zero-order chi connectivity index (χ0) is 18.7. The molecule has 1 amide bonds. The van der Waals surface area contributed by atoms with Gasteiger partial charge in [0.15, 0.2) is 0 Å². The summed E-state index contributed by atoms with van der Waals surface area (Å²) in [5.41, 5.74) is -0.0134. The average molecular weight is 380 g/mol. The van der Waals surface area contributed by atoms with Crippen molar-refractivity contribution in [2.75, 3.05) is 6.54 Å².